The van der Waals surface area contributed by atoms with Crippen molar-refractivity contribution in [2.24, 2.45) is 0 Å². The van der Waals surface area contributed by atoms with Crippen LogP contribution in [0.3, 0.4) is 0 Å². The second kappa shape index (κ2) is 7.35. The molecule has 0 aliphatic rings. The van der Waals surface area contributed by atoms with Crippen LogP contribution in [-0.2, 0) is 0 Å². The van der Waals surface area contributed by atoms with Crippen LogP contribution < -0.4 is 15.9 Å². The van der Waals surface area contributed by atoms with E-state index in [0.717, 1.165) is 21.5 Å². The first kappa shape index (κ1) is 18.5. The highest BCUT2D eigenvalue weighted by Gasteiger charge is 2.12. The molecule has 0 heterocycles. The minimum Gasteiger partial charge on any atom is -0.0966 e. The number of aryl methyl sites for hydroxylation is 1. The molecule has 5 aromatic carbocycles. The Hall–Kier alpha value is -3.58. The van der Waals surface area contributed by atoms with Gasteiger partial charge >= 0.3 is 0 Å². The second-order valence-corrected chi connectivity index (χ2v) is 7.77. The molecule has 0 nitrogen and oxygen atoms in total. The monoisotopic (exact) mass is 380 g/mol. The third-order valence-electron chi connectivity index (χ3n) is 5.98. The molecule has 0 atom stereocenters. The van der Waals surface area contributed by atoms with E-state index in [1.807, 2.05) is 12.1 Å². The number of hydrogen-bond donors (Lipinski definition) is 0. The van der Waals surface area contributed by atoms with Gasteiger partial charge in [-0.2, -0.15) is 0 Å². The Morgan fingerprint density at radius 2 is 1.27 bits per heavy atom. The summed E-state index contributed by atoms with van der Waals surface area (Å²) in [4.78, 5) is 0. The Bertz CT molecular complexity index is 1510. The molecule has 0 amide bonds. The maximum atomic E-state index is 5.99. The average Bonchev–Trinajstić information content (AvgIpc) is 2.78. The molecule has 0 aliphatic carbocycles. The van der Waals surface area contributed by atoms with E-state index in [0.29, 0.717) is 0 Å². The van der Waals surface area contributed by atoms with E-state index in [9.17, 15) is 0 Å². The lowest BCUT2D eigenvalue weighted by Gasteiger charge is -2.15. The summed E-state index contributed by atoms with van der Waals surface area (Å²) in [5, 5.41) is 7.11. The average molecular weight is 380 g/mol. The molecule has 5 rings (SSSR count). The maximum Gasteiger partial charge on any atom is 0.113 e. The smallest absolute Gasteiger partial charge is 0.0966 e. The van der Waals surface area contributed by atoms with Gasteiger partial charge in [-0.05, 0) is 61.2 Å². The zero-order chi connectivity index (χ0) is 20.7. The van der Waals surface area contributed by atoms with E-state index in [4.69, 9.17) is 7.85 Å². The first-order valence-electron chi connectivity index (χ1n) is 10.2. The molecular formula is C29H21B. The van der Waals surface area contributed by atoms with E-state index in [1.165, 1.54) is 38.2 Å². The Kier molecular flexibility index (Phi) is 4.52. The van der Waals surface area contributed by atoms with Crippen molar-refractivity contribution < 1.29 is 0 Å². The van der Waals surface area contributed by atoms with Gasteiger partial charge in [0, 0.05) is 0 Å². The van der Waals surface area contributed by atoms with Crippen molar-refractivity contribution >= 4 is 47.0 Å². The Morgan fingerprint density at radius 3 is 2.00 bits per heavy atom. The second-order valence-electron chi connectivity index (χ2n) is 7.77. The third kappa shape index (κ3) is 3.04. The van der Waals surface area contributed by atoms with Crippen LogP contribution in [-0.4, -0.2) is 7.85 Å². The fourth-order valence-corrected chi connectivity index (χ4v) is 4.37. The van der Waals surface area contributed by atoms with E-state index in [1.54, 1.807) is 0 Å². The quantitative estimate of drug-likeness (QED) is 0.388. The number of hydrogen-bond acceptors (Lipinski definition) is 0. The van der Waals surface area contributed by atoms with E-state index in [2.05, 4.69) is 98.4 Å². The van der Waals surface area contributed by atoms with Crippen molar-refractivity contribution in [3.63, 3.8) is 0 Å². The Labute approximate surface area is 178 Å². The molecule has 0 aliphatic heterocycles. The van der Waals surface area contributed by atoms with Crippen LogP contribution in [0.4, 0.5) is 0 Å². The van der Waals surface area contributed by atoms with Gasteiger partial charge in [0.15, 0.2) is 0 Å². The summed E-state index contributed by atoms with van der Waals surface area (Å²) >= 11 is 0. The molecule has 0 aromatic heterocycles. The van der Waals surface area contributed by atoms with E-state index in [-0.39, 0.29) is 0 Å². The first-order chi connectivity index (χ1) is 14.6. The predicted molar refractivity (Wildman–Crippen MR) is 131 cm³/mol. The lowest BCUT2D eigenvalue weighted by atomic mass is 9.87. The summed E-state index contributed by atoms with van der Waals surface area (Å²) in [5.74, 6) is 0. The van der Waals surface area contributed by atoms with Gasteiger partial charge < -0.3 is 0 Å². The molecule has 0 saturated heterocycles. The molecule has 0 N–H and O–H groups in total. The van der Waals surface area contributed by atoms with Crippen molar-refractivity contribution in [2.75, 3.05) is 0 Å². The lowest BCUT2D eigenvalue weighted by molar-refractivity contribution is 1.42. The van der Waals surface area contributed by atoms with Gasteiger partial charge in [0.2, 0.25) is 0 Å². The Morgan fingerprint density at radius 1 is 0.667 bits per heavy atom. The van der Waals surface area contributed by atoms with E-state index >= 15 is 0 Å². The summed E-state index contributed by atoms with van der Waals surface area (Å²) in [6.07, 6.45) is 0. The minimum absolute atomic E-state index is 0.765. The summed E-state index contributed by atoms with van der Waals surface area (Å²) in [6, 6.07) is 33.9. The van der Waals surface area contributed by atoms with Crippen LogP contribution in [0, 0.1) is 6.92 Å². The lowest BCUT2D eigenvalue weighted by Crippen LogP contribution is -2.27. The third-order valence-corrected chi connectivity index (χ3v) is 5.98. The van der Waals surface area contributed by atoms with Gasteiger partial charge in [-0.3, -0.25) is 0 Å². The highest BCUT2D eigenvalue weighted by Crippen LogP contribution is 2.29. The zero-order valence-corrected chi connectivity index (χ0v) is 17.0. The standard InChI is InChI=1S/C29H21B/c1-19-25-9-5-3-7-21(25)13-17-27(19)29(23-11-15-24(30)16-12-23)28-18-14-22-8-4-6-10-26(22)20(28)2/h3-18H,1H2,2H3/b29-27-. The van der Waals surface area contributed by atoms with Crippen LogP contribution in [0.15, 0.2) is 97.1 Å². The normalized spacial score (nSPS) is 12.3. The zero-order valence-electron chi connectivity index (χ0n) is 17.0. The molecule has 0 bridgehead atoms. The predicted octanol–water partition coefficient (Wildman–Crippen LogP) is 4.75. The van der Waals surface area contributed by atoms with Crippen LogP contribution >= 0.6 is 0 Å². The molecule has 2 radical (unpaired) electrons. The van der Waals surface area contributed by atoms with Gasteiger partial charge in [-0.1, -0.05) is 109 Å². The van der Waals surface area contributed by atoms with Gasteiger partial charge in [0.1, 0.15) is 7.85 Å². The highest BCUT2D eigenvalue weighted by molar-refractivity contribution is 6.32. The van der Waals surface area contributed by atoms with Crippen molar-refractivity contribution in [1.82, 2.24) is 0 Å². The van der Waals surface area contributed by atoms with E-state index < -0.39 is 0 Å². The molecule has 0 spiro atoms. The van der Waals surface area contributed by atoms with Crippen molar-refractivity contribution in [1.29, 1.82) is 0 Å². The fraction of sp³-hybridized carbons (Fsp3) is 0.0345. The molecule has 0 saturated carbocycles. The SMILES string of the molecule is [B]c1ccc(/C(c2ccc3ccccc3c2C)=c2\ccc3ccccc3c2=C)cc1. The molecular weight excluding hydrogens is 359 g/mol. The molecule has 5 aromatic rings. The summed E-state index contributed by atoms with van der Waals surface area (Å²) in [6.45, 7) is 6.69. The minimum atomic E-state index is 0.765. The molecule has 1 heteroatoms. The molecule has 30 heavy (non-hydrogen) atoms. The van der Waals surface area contributed by atoms with Crippen LogP contribution in [0.25, 0.3) is 33.7 Å². The molecule has 0 fully saturated rings. The topological polar surface area (TPSA) is 0 Å². The van der Waals surface area contributed by atoms with Crippen molar-refractivity contribution in [3.8, 4) is 0 Å². The van der Waals surface area contributed by atoms with Crippen LogP contribution in [0.5, 0.6) is 0 Å². The van der Waals surface area contributed by atoms with Crippen LogP contribution in [0.1, 0.15) is 16.7 Å². The number of rotatable bonds is 2. The first-order valence-corrected chi connectivity index (χ1v) is 10.2. The van der Waals surface area contributed by atoms with Gasteiger partial charge in [0.05, 0.1) is 0 Å². The van der Waals surface area contributed by atoms with Crippen molar-refractivity contribution in [2.45, 2.75) is 6.92 Å². The Balaban J connectivity index is 1.95. The van der Waals surface area contributed by atoms with Gasteiger partial charge in [-0.15, -0.1) is 0 Å². The van der Waals surface area contributed by atoms with Crippen molar-refractivity contribution in [3.05, 3.63) is 124 Å². The molecule has 140 valence electrons. The van der Waals surface area contributed by atoms with Gasteiger partial charge in [-0.25, -0.2) is 0 Å². The van der Waals surface area contributed by atoms with Crippen LogP contribution in [0.2, 0.25) is 0 Å². The summed E-state index contributed by atoms with van der Waals surface area (Å²) in [7, 11) is 5.99. The summed E-state index contributed by atoms with van der Waals surface area (Å²) in [5.41, 5.74) is 5.59. The highest BCUT2D eigenvalue weighted by atomic mass is 14.2. The fourth-order valence-electron chi connectivity index (χ4n) is 4.37. The summed E-state index contributed by atoms with van der Waals surface area (Å²) < 4.78 is 0. The number of fused-ring (bicyclic) bond motifs is 2. The number of benzene rings is 5. The largest absolute Gasteiger partial charge is 0.113 e. The van der Waals surface area contributed by atoms with Gasteiger partial charge in [0.25, 0.3) is 0 Å². The molecule has 0 unspecified atom stereocenters. The maximum absolute atomic E-state index is 5.99.